The van der Waals surface area contributed by atoms with E-state index in [0.717, 1.165) is 0 Å². The normalized spacial score (nSPS) is 24.2. The van der Waals surface area contributed by atoms with Gasteiger partial charge in [0.2, 0.25) is 2.82 Å². The van der Waals surface area contributed by atoms with Crippen LogP contribution in [0, 0.1) is 11.0 Å². The molecule has 2 aliphatic rings. The van der Waals surface area contributed by atoms with Gasteiger partial charge in [-0.1, -0.05) is 94.9 Å². The van der Waals surface area contributed by atoms with E-state index in [-0.39, 0.29) is 87.4 Å². The molecule has 0 heterocycles. The largest absolute Gasteiger partial charge is 0.397 e. The molecule has 20 heteroatoms. The van der Waals surface area contributed by atoms with Crippen molar-refractivity contribution >= 4 is 78.0 Å². The van der Waals surface area contributed by atoms with Gasteiger partial charge in [-0.3, -0.25) is 9.11 Å². The van der Waals surface area contributed by atoms with Crippen LogP contribution in [0.3, 0.4) is 0 Å². The first-order valence-electron chi connectivity index (χ1n) is 15.6. The molecule has 4 aromatic rings. The van der Waals surface area contributed by atoms with E-state index in [1.54, 1.807) is 12.1 Å². The van der Waals surface area contributed by atoms with E-state index in [1.807, 2.05) is 0 Å². The second kappa shape index (κ2) is 12.9. The van der Waals surface area contributed by atoms with Crippen LogP contribution in [-0.4, -0.2) is 38.0 Å². The van der Waals surface area contributed by atoms with E-state index in [1.165, 1.54) is 60.7 Å². The van der Waals surface area contributed by atoms with Crippen molar-refractivity contribution < 1.29 is 28.8 Å². The molecule has 0 spiro atoms. The molecule has 4 unspecified atom stereocenters. The molecule has 52 heavy (non-hydrogen) atoms. The van der Waals surface area contributed by atoms with Gasteiger partial charge in [-0.25, -0.2) is 11.0 Å². The molecule has 4 atom stereocenters. The first-order valence-corrected chi connectivity index (χ1v) is 19.0. The first-order chi connectivity index (χ1) is 25.3. The van der Waals surface area contributed by atoms with Crippen LogP contribution < -0.4 is 22.9 Å². The third-order valence-corrected chi connectivity index (χ3v) is 13.6. The molecule has 0 bridgehead atoms. The summed E-state index contributed by atoms with van der Waals surface area (Å²) in [4.78, 5) is 0. The van der Waals surface area contributed by atoms with Crippen molar-refractivity contribution in [2.75, 3.05) is 0 Å². The summed E-state index contributed by atoms with van der Waals surface area (Å²) in [5.74, 6) is 0. The summed E-state index contributed by atoms with van der Waals surface area (Å²) in [5.41, 5.74) is 30.3. The van der Waals surface area contributed by atoms with Crippen molar-refractivity contribution in [1.82, 2.24) is 0 Å². The van der Waals surface area contributed by atoms with Gasteiger partial charge in [0.05, 0.1) is 23.5 Å². The molecule has 0 aliphatic heterocycles. The fraction of sp³-hybridized carbons (Fsp3) is 0.125. The molecule has 14 nitrogen and oxygen atoms in total. The molecule has 6 rings (SSSR count). The molecular weight excluding hydrogens is 798 g/mol. The van der Waals surface area contributed by atoms with E-state index in [4.69, 9.17) is 72.2 Å². The van der Waals surface area contributed by atoms with Crippen LogP contribution in [0.25, 0.3) is 22.5 Å². The number of hydrogen-bond acceptors (Lipinski definition) is 12. The Morgan fingerprint density at radius 3 is 1.23 bits per heavy atom. The number of benzene rings is 4. The number of nitrogens with one attached hydrogen (secondary N) is 2. The summed E-state index contributed by atoms with van der Waals surface area (Å²) in [6, 6.07) is 13.2. The van der Waals surface area contributed by atoms with E-state index < -0.39 is 41.8 Å². The Balaban J connectivity index is 1.61. The van der Waals surface area contributed by atoms with Crippen molar-refractivity contribution in [2.24, 2.45) is 33.2 Å². The Hall–Kier alpha value is -3.94. The molecule has 2 aliphatic carbocycles. The van der Waals surface area contributed by atoms with Crippen molar-refractivity contribution in [3.63, 3.8) is 0 Å². The van der Waals surface area contributed by atoms with Crippen LogP contribution in [0.1, 0.15) is 33.4 Å². The third kappa shape index (κ3) is 5.05. The lowest BCUT2D eigenvalue weighted by Crippen LogP contribution is -2.55. The van der Waals surface area contributed by atoms with Crippen molar-refractivity contribution in [1.29, 1.82) is 11.0 Å². The zero-order valence-corrected chi connectivity index (χ0v) is 30.7. The smallest absolute Gasteiger partial charge is 0.281 e. The average molecular weight is 825 g/mol. The lowest BCUT2D eigenvalue weighted by atomic mass is 9.75. The fourth-order valence-corrected chi connectivity index (χ4v) is 11.8. The third-order valence-electron chi connectivity index (χ3n) is 9.44. The molecule has 12 N–H and O–H groups in total. The minimum absolute atomic E-state index is 0.0907. The van der Waals surface area contributed by atoms with Crippen LogP contribution in [0.15, 0.2) is 94.4 Å². The fourth-order valence-electron chi connectivity index (χ4n) is 7.27. The Morgan fingerprint density at radius 2 is 0.942 bits per heavy atom. The second-order valence-corrected chi connectivity index (χ2v) is 16.7. The first kappa shape index (κ1) is 35.1. The van der Waals surface area contributed by atoms with Gasteiger partial charge in [0.1, 0.15) is 11.4 Å². The lowest BCUT2D eigenvalue weighted by Gasteiger charge is -2.42. The summed E-state index contributed by atoms with van der Waals surface area (Å²) in [6.07, 6.45) is 0. The number of halogens is 4. The molecule has 0 amide bonds. The van der Waals surface area contributed by atoms with Gasteiger partial charge < -0.3 is 22.9 Å². The second-order valence-electron chi connectivity index (χ2n) is 11.9. The highest BCUT2D eigenvalue weighted by atomic mass is 35.5. The number of rotatable bonds is 7. The van der Waals surface area contributed by atoms with Gasteiger partial charge >= 0.3 is 0 Å². The highest BCUT2D eigenvalue weighted by Gasteiger charge is 2.60. The number of nitrogens with two attached hydrogens (primary N) is 4. The summed E-state index contributed by atoms with van der Waals surface area (Å²) >= 11 is 27.4. The van der Waals surface area contributed by atoms with Crippen LogP contribution in [0.4, 0.5) is 0 Å². The minimum Gasteiger partial charge on any atom is -0.397 e. The summed E-state index contributed by atoms with van der Waals surface area (Å²) in [6.45, 7) is 0. The van der Waals surface area contributed by atoms with E-state index in [0.29, 0.717) is 0 Å². The van der Waals surface area contributed by atoms with Gasteiger partial charge in [0.25, 0.3) is 20.2 Å². The zero-order valence-electron chi connectivity index (χ0n) is 28.0. The van der Waals surface area contributed by atoms with Crippen LogP contribution >= 0.6 is 46.4 Å². The maximum atomic E-state index is 13.6. The number of nitrogens with zero attached hydrogens (tertiary/aromatic N) is 2. The molecule has 270 valence electrons. The number of fused-ring (bicyclic) bond motifs is 2. The van der Waals surface area contributed by atoms with Gasteiger partial charge in [0.15, 0.2) is 9.49 Å². The van der Waals surface area contributed by atoms with Crippen molar-refractivity contribution in [2.45, 2.75) is 21.6 Å². The van der Waals surface area contributed by atoms with E-state index >= 15 is 0 Å². The van der Waals surface area contributed by atoms with Gasteiger partial charge in [-0.2, -0.15) is 27.1 Å². The minimum atomic E-state index is -5.31. The number of hydrogen-bond donors (Lipinski definition) is 8. The molecule has 0 saturated heterocycles. The topological polar surface area (TPSA) is 285 Å². The average Bonchev–Trinajstić information content (AvgIpc) is 3.09. The van der Waals surface area contributed by atoms with Crippen molar-refractivity contribution in [3.8, 4) is 11.1 Å². The highest BCUT2D eigenvalue weighted by Crippen LogP contribution is 2.55. The molecule has 0 aromatic heterocycles. The van der Waals surface area contributed by atoms with E-state index in [2.05, 4.69) is 21.3 Å². The molecule has 0 fully saturated rings. The highest BCUT2D eigenvalue weighted by molar-refractivity contribution is 7.87. The monoisotopic (exact) mass is 822 g/mol. The predicted molar refractivity (Wildman–Crippen MR) is 198 cm³/mol. The van der Waals surface area contributed by atoms with Crippen LogP contribution in [-0.2, 0) is 29.7 Å². The lowest BCUT2D eigenvalue weighted by molar-refractivity contribution is 0.423. The summed E-state index contributed by atoms with van der Waals surface area (Å²) < 4.78 is 85.8. The van der Waals surface area contributed by atoms with Crippen LogP contribution in [0.5, 0.6) is 0 Å². The molecule has 4 aromatic carbocycles. The maximum absolute atomic E-state index is 13.6. The van der Waals surface area contributed by atoms with E-state index in [9.17, 15) is 25.9 Å². The SMILES string of the molecule is [H]/N=N/C1=C(N)c2ccccc2C(c2c(Cl)cc(-c3cc(Cl)c(C4(S(=O)(=O)O)c5ccccc5C(N)=C(/N=N/[H])C4N)c(Cl)c3)cc2Cl)(S(=O)(=O)O)C1N. The van der Waals surface area contributed by atoms with Crippen LogP contribution in [0.2, 0.25) is 22.9 Å². The quantitative estimate of drug-likeness (QED) is 0.0768. The summed E-state index contributed by atoms with van der Waals surface area (Å²) in [7, 11) is -10.6. The molecule has 0 radical (unpaired) electrons. The predicted octanol–water partition coefficient (Wildman–Crippen LogP) is 6.23. The van der Waals surface area contributed by atoms with Gasteiger partial charge in [0, 0.05) is 42.3 Å². The maximum Gasteiger partial charge on any atom is 0.281 e. The van der Waals surface area contributed by atoms with Gasteiger partial charge in [-0.15, -0.1) is 0 Å². The Bertz CT molecular complexity index is 2410. The zero-order chi connectivity index (χ0) is 39.7. The summed E-state index contributed by atoms with van der Waals surface area (Å²) in [5, 5.41) is 6.00. The molecule has 0 saturated carbocycles. The molecular formula is C32H26Cl4N8O6S2. The Morgan fingerprint density at radius 1 is 0.635 bits per heavy atom. The van der Waals surface area contributed by atoms with Crippen molar-refractivity contribution in [3.05, 3.63) is 138 Å². The van der Waals surface area contributed by atoms with Gasteiger partial charge in [-0.05, 0) is 46.5 Å². The Kier molecular flexibility index (Phi) is 8.69. The standard InChI is InChI=1S/C32H26Cl4N8O6S2/c33-19-9-13(10-20(34)23(19)31(51(45,46)47)17-7-3-1-5-15(17)25(37)27(43-41)29(31)39)14-11-21(35)24(22(36)12-14)32(52(48,49)50)18-8-4-2-6-16(18)26(38)28(44-42)30(32)40/h1-12,29-30,41-42H,37-40H2,(H,45,46,47)(H,48,49,50)/b43-41+,44-42+. The Labute approximate surface area is 319 Å².